The largest absolute Gasteiger partial charge is 0.356 e. The lowest BCUT2D eigenvalue weighted by Gasteiger charge is -2.21. The first-order chi connectivity index (χ1) is 13.3. The second-order valence-corrected chi connectivity index (χ2v) is 7.64. The molecule has 0 aromatic rings. The van der Waals surface area contributed by atoms with Crippen LogP contribution in [-0.2, 0) is 4.79 Å². The molecule has 1 aliphatic rings. The highest BCUT2D eigenvalue weighted by atomic mass is 16.2. The Morgan fingerprint density at radius 1 is 1.25 bits per heavy atom. The molecule has 1 rings (SSSR count). The van der Waals surface area contributed by atoms with Gasteiger partial charge in [-0.1, -0.05) is 20.8 Å². The molecule has 0 aromatic heterocycles. The van der Waals surface area contributed by atoms with Gasteiger partial charge in [0, 0.05) is 26.2 Å². The first-order valence-corrected chi connectivity index (χ1v) is 10.6. The molecule has 2 atom stereocenters. The lowest BCUT2D eigenvalue weighted by molar-refractivity contribution is -0.130. The summed E-state index contributed by atoms with van der Waals surface area (Å²) in [5.41, 5.74) is -0.761. The Bertz CT molecular complexity index is 535. The number of aliphatic imine (C=N–C) groups is 1. The molecule has 1 heterocycles. The molecular formula is C20H40N6O2. The zero-order valence-electron chi connectivity index (χ0n) is 18.6. The van der Waals surface area contributed by atoms with Gasteiger partial charge < -0.3 is 20.9 Å². The van der Waals surface area contributed by atoms with Crippen LogP contribution in [0.1, 0.15) is 60.3 Å². The van der Waals surface area contributed by atoms with Crippen LogP contribution in [0.3, 0.4) is 0 Å². The number of carbonyl (C=O) groups excluding carboxylic acids is 2. The number of hydrogen-bond donors (Lipinski definition) is 3. The van der Waals surface area contributed by atoms with Crippen LogP contribution in [0.2, 0.25) is 0 Å². The second kappa shape index (κ2) is 11.9. The van der Waals surface area contributed by atoms with Gasteiger partial charge in [0.05, 0.1) is 0 Å². The summed E-state index contributed by atoms with van der Waals surface area (Å²) in [4.78, 5) is 32.4. The van der Waals surface area contributed by atoms with Crippen molar-refractivity contribution in [1.82, 2.24) is 25.8 Å². The molecule has 162 valence electrons. The van der Waals surface area contributed by atoms with Crippen LogP contribution in [-0.4, -0.2) is 79.0 Å². The number of nitrogens with zero attached hydrogens (tertiary/aromatic N) is 3. The summed E-state index contributed by atoms with van der Waals surface area (Å²) in [5, 5.41) is 9.45. The third kappa shape index (κ3) is 6.96. The van der Waals surface area contributed by atoms with E-state index in [-0.39, 0.29) is 11.9 Å². The number of carbonyl (C=O) groups is 2. The molecule has 0 aromatic carbocycles. The molecule has 0 saturated carbocycles. The van der Waals surface area contributed by atoms with Crippen molar-refractivity contribution < 1.29 is 9.59 Å². The number of nitrogens with one attached hydrogen (secondary N) is 3. The quantitative estimate of drug-likeness (QED) is 0.202. The minimum Gasteiger partial charge on any atom is -0.356 e. The van der Waals surface area contributed by atoms with Gasteiger partial charge in [0.25, 0.3) is 5.91 Å². The highest BCUT2D eigenvalue weighted by Crippen LogP contribution is 2.20. The number of imide groups is 1. The molecule has 1 aliphatic heterocycles. The van der Waals surface area contributed by atoms with Crippen LogP contribution in [0, 0.1) is 0 Å². The van der Waals surface area contributed by atoms with Crippen molar-refractivity contribution in [2.45, 2.75) is 71.9 Å². The Kier molecular flexibility index (Phi) is 10.3. The molecule has 3 amide bonds. The van der Waals surface area contributed by atoms with E-state index >= 15 is 0 Å². The maximum atomic E-state index is 12.4. The fourth-order valence-corrected chi connectivity index (χ4v) is 3.29. The summed E-state index contributed by atoms with van der Waals surface area (Å²) in [6, 6.07) is 0.0386. The number of rotatable bonds is 12. The van der Waals surface area contributed by atoms with Gasteiger partial charge in [-0.3, -0.25) is 14.7 Å². The van der Waals surface area contributed by atoms with Gasteiger partial charge in [-0.05, 0) is 59.2 Å². The van der Waals surface area contributed by atoms with Gasteiger partial charge in [0.2, 0.25) is 0 Å². The predicted molar refractivity (Wildman–Crippen MR) is 115 cm³/mol. The van der Waals surface area contributed by atoms with Crippen molar-refractivity contribution >= 4 is 17.9 Å². The molecule has 8 nitrogen and oxygen atoms in total. The molecule has 0 spiro atoms. The zero-order valence-corrected chi connectivity index (χ0v) is 18.6. The van der Waals surface area contributed by atoms with Crippen LogP contribution in [0.4, 0.5) is 4.79 Å². The molecule has 3 N–H and O–H groups in total. The summed E-state index contributed by atoms with van der Waals surface area (Å²) < 4.78 is 0. The molecule has 0 radical (unpaired) electrons. The molecule has 1 saturated heterocycles. The maximum Gasteiger partial charge on any atom is 0.325 e. The fraction of sp³-hybridized carbons (Fsp3) is 0.850. The lowest BCUT2D eigenvalue weighted by atomic mass is 9.99. The van der Waals surface area contributed by atoms with Crippen LogP contribution >= 0.6 is 0 Å². The maximum absolute atomic E-state index is 12.4. The summed E-state index contributed by atoms with van der Waals surface area (Å²) >= 11 is 0. The van der Waals surface area contributed by atoms with E-state index in [9.17, 15) is 9.59 Å². The third-order valence-electron chi connectivity index (χ3n) is 5.52. The molecule has 1 fully saturated rings. The molecule has 0 bridgehead atoms. The topological polar surface area (TPSA) is 89.1 Å². The van der Waals surface area contributed by atoms with Crippen molar-refractivity contribution in [3.63, 3.8) is 0 Å². The highest BCUT2D eigenvalue weighted by Gasteiger charge is 2.45. The van der Waals surface area contributed by atoms with E-state index in [4.69, 9.17) is 0 Å². The number of amides is 3. The van der Waals surface area contributed by atoms with E-state index < -0.39 is 5.54 Å². The summed E-state index contributed by atoms with van der Waals surface area (Å²) in [7, 11) is 1.75. The van der Waals surface area contributed by atoms with Gasteiger partial charge in [0.1, 0.15) is 5.54 Å². The fourth-order valence-electron chi connectivity index (χ4n) is 3.29. The lowest BCUT2D eigenvalue weighted by Crippen LogP contribution is -2.44. The van der Waals surface area contributed by atoms with Crippen molar-refractivity contribution in [2.75, 3.05) is 39.8 Å². The Hall–Kier alpha value is -1.83. The van der Waals surface area contributed by atoms with Gasteiger partial charge >= 0.3 is 6.03 Å². The predicted octanol–water partition coefficient (Wildman–Crippen LogP) is 1.77. The molecule has 0 aliphatic carbocycles. The number of urea groups is 1. The third-order valence-corrected chi connectivity index (χ3v) is 5.52. The average molecular weight is 397 g/mol. The van der Waals surface area contributed by atoms with E-state index in [1.807, 2.05) is 6.92 Å². The van der Waals surface area contributed by atoms with E-state index in [1.54, 1.807) is 14.0 Å². The van der Waals surface area contributed by atoms with Crippen molar-refractivity contribution in [1.29, 1.82) is 0 Å². The summed E-state index contributed by atoms with van der Waals surface area (Å²) in [5.74, 6) is 0.621. The van der Waals surface area contributed by atoms with Crippen LogP contribution in [0.15, 0.2) is 4.99 Å². The Morgan fingerprint density at radius 3 is 2.46 bits per heavy atom. The Morgan fingerprint density at radius 2 is 1.93 bits per heavy atom. The SMILES string of the molecule is CCN(CC)CCCC(C)NC(=NC)NCCCN1C(=O)NC(C)(CC)C1=O. The van der Waals surface area contributed by atoms with E-state index in [1.165, 1.54) is 4.90 Å². The summed E-state index contributed by atoms with van der Waals surface area (Å²) in [6.07, 6.45) is 3.50. The standard InChI is InChI=1S/C20H40N6O2/c1-7-20(5)17(27)26(19(28)24-20)15-11-13-22-18(21-6)23-16(4)12-10-14-25(8-2)9-3/h16H,7-15H2,1-6H3,(H,24,28)(H2,21,22,23). The zero-order chi connectivity index (χ0) is 21.2. The molecule has 2 unspecified atom stereocenters. The second-order valence-electron chi connectivity index (χ2n) is 7.64. The summed E-state index contributed by atoms with van der Waals surface area (Å²) in [6.45, 7) is 14.6. The molecular weight excluding hydrogens is 356 g/mol. The van der Waals surface area contributed by atoms with Crippen LogP contribution < -0.4 is 16.0 Å². The highest BCUT2D eigenvalue weighted by molar-refractivity contribution is 6.06. The number of guanidine groups is 1. The Labute approximate surface area is 170 Å². The minimum atomic E-state index is -0.761. The first-order valence-electron chi connectivity index (χ1n) is 10.6. The van der Waals surface area contributed by atoms with Crippen molar-refractivity contribution in [3.8, 4) is 0 Å². The van der Waals surface area contributed by atoms with Gasteiger partial charge in [-0.2, -0.15) is 0 Å². The Balaban J connectivity index is 2.29. The molecule has 8 heteroatoms. The van der Waals surface area contributed by atoms with Gasteiger partial charge in [-0.25, -0.2) is 4.79 Å². The smallest absolute Gasteiger partial charge is 0.325 e. The first kappa shape index (κ1) is 24.2. The van der Waals surface area contributed by atoms with Gasteiger partial charge in [0.15, 0.2) is 5.96 Å². The van der Waals surface area contributed by atoms with E-state index in [2.05, 4.69) is 46.6 Å². The van der Waals surface area contributed by atoms with Crippen molar-refractivity contribution in [3.05, 3.63) is 0 Å². The van der Waals surface area contributed by atoms with Crippen LogP contribution in [0.5, 0.6) is 0 Å². The van der Waals surface area contributed by atoms with Gasteiger partial charge in [-0.15, -0.1) is 0 Å². The molecule has 28 heavy (non-hydrogen) atoms. The average Bonchev–Trinajstić information content (AvgIpc) is 2.90. The monoisotopic (exact) mass is 396 g/mol. The number of hydrogen-bond acceptors (Lipinski definition) is 4. The van der Waals surface area contributed by atoms with E-state index in [0.717, 1.165) is 38.4 Å². The van der Waals surface area contributed by atoms with Crippen LogP contribution in [0.25, 0.3) is 0 Å². The van der Waals surface area contributed by atoms with Crippen molar-refractivity contribution in [2.24, 2.45) is 4.99 Å². The normalized spacial score (nSPS) is 21.2. The minimum absolute atomic E-state index is 0.135. The van der Waals surface area contributed by atoms with E-state index in [0.29, 0.717) is 32.0 Å².